The number of carboxylic acid groups (broad SMARTS) is 1. The van der Waals surface area contributed by atoms with Crippen LogP contribution in [-0.2, 0) is 6.54 Å². The van der Waals surface area contributed by atoms with Crippen molar-refractivity contribution >= 4 is 6.09 Å². The zero-order chi connectivity index (χ0) is 16.7. The highest BCUT2D eigenvalue weighted by atomic mass is 16.4. The summed E-state index contributed by atoms with van der Waals surface area (Å²) in [6.45, 7) is 0.270. The molecular formula is C16H19N5O2. The molecule has 1 amide bonds. The summed E-state index contributed by atoms with van der Waals surface area (Å²) >= 11 is 0. The molecule has 0 radical (unpaired) electrons. The van der Waals surface area contributed by atoms with Crippen molar-refractivity contribution in [3.8, 4) is 6.07 Å². The molecule has 7 heteroatoms. The maximum Gasteiger partial charge on any atom is 0.407 e. The van der Waals surface area contributed by atoms with Gasteiger partial charge in [0.25, 0.3) is 0 Å². The van der Waals surface area contributed by atoms with E-state index in [4.69, 9.17) is 10.8 Å². The van der Waals surface area contributed by atoms with Crippen molar-refractivity contribution in [1.29, 1.82) is 5.26 Å². The monoisotopic (exact) mass is 313 g/mol. The first-order chi connectivity index (χ1) is 11.2. The standard InChI is InChI=1S/C16H19N5O2/c17-9-8-13-6-7-14(19-20-18)10-15(13)21(16(22)23)11-12-4-2-1-3-5-12/h1-5,13-15H,6-8,10-11H2,(H,22,23)/t13-,14+,15-/m1/s1. The van der Waals surface area contributed by atoms with E-state index >= 15 is 0 Å². The lowest BCUT2D eigenvalue weighted by Gasteiger charge is -2.39. The third kappa shape index (κ3) is 4.38. The number of nitriles is 1. The van der Waals surface area contributed by atoms with Crippen LogP contribution in [0.5, 0.6) is 0 Å². The van der Waals surface area contributed by atoms with E-state index in [1.165, 1.54) is 4.90 Å². The van der Waals surface area contributed by atoms with E-state index in [1.807, 2.05) is 30.3 Å². The highest BCUT2D eigenvalue weighted by molar-refractivity contribution is 5.65. The van der Waals surface area contributed by atoms with Gasteiger partial charge in [0.05, 0.1) is 6.07 Å². The van der Waals surface area contributed by atoms with Crippen LogP contribution in [0.2, 0.25) is 0 Å². The van der Waals surface area contributed by atoms with Gasteiger partial charge in [-0.3, -0.25) is 0 Å². The Morgan fingerprint density at radius 1 is 1.43 bits per heavy atom. The molecule has 1 aliphatic carbocycles. The predicted molar refractivity (Wildman–Crippen MR) is 84.3 cm³/mol. The fourth-order valence-corrected chi connectivity index (χ4v) is 3.21. The zero-order valence-corrected chi connectivity index (χ0v) is 12.7. The summed E-state index contributed by atoms with van der Waals surface area (Å²) in [5.41, 5.74) is 9.53. The van der Waals surface area contributed by atoms with Crippen LogP contribution in [-0.4, -0.2) is 28.2 Å². The summed E-state index contributed by atoms with van der Waals surface area (Å²) in [6, 6.07) is 11.0. The lowest BCUT2D eigenvalue weighted by atomic mass is 9.79. The van der Waals surface area contributed by atoms with E-state index in [0.717, 1.165) is 5.56 Å². The third-order valence-electron chi connectivity index (χ3n) is 4.34. The Hall–Kier alpha value is -2.71. The second-order valence-electron chi connectivity index (χ2n) is 5.76. The second-order valence-corrected chi connectivity index (χ2v) is 5.76. The Bertz CT molecular complexity index is 621. The van der Waals surface area contributed by atoms with Crippen LogP contribution in [0.3, 0.4) is 0 Å². The molecule has 0 aliphatic heterocycles. The van der Waals surface area contributed by atoms with Crippen LogP contribution in [0.1, 0.15) is 31.2 Å². The highest BCUT2D eigenvalue weighted by Crippen LogP contribution is 2.33. The van der Waals surface area contributed by atoms with Gasteiger partial charge < -0.3 is 10.0 Å². The normalized spacial score (nSPS) is 23.3. The molecule has 0 aromatic heterocycles. The predicted octanol–water partition coefficient (Wildman–Crippen LogP) is 3.93. The third-order valence-corrected chi connectivity index (χ3v) is 4.34. The number of nitrogens with zero attached hydrogens (tertiary/aromatic N) is 5. The number of hydrogen-bond donors (Lipinski definition) is 1. The molecule has 3 atom stereocenters. The molecule has 0 heterocycles. The molecule has 0 saturated heterocycles. The second kappa shape index (κ2) is 8.06. The minimum absolute atomic E-state index is 0.0232. The molecule has 1 aromatic carbocycles. The Morgan fingerprint density at radius 2 is 2.17 bits per heavy atom. The van der Waals surface area contributed by atoms with Gasteiger partial charge in [-0.25, -0.2) is 4.79 Å². The minimum atomic E-state index is -1.01. The minimum Gasteiger partial charge on any atom is -0.465 e. The molecule has 1 aliphatic rings. The summed E-state index contributed by atoms with van der Waals surface area (Å²) in [5, 5.41) is 22.4. The lowest BCUT2D eigenvalue weighted by molar-refractivity contribution is 0.0772. The molecule has 1 aromatic rings. The Morgan fingerprint density at radius 3 is 2.78 bits per heavy atom. The SMILES string of the molecule is N#CC[C@H]1CC[C@H](N=[N+]=[N-])C[C@H]1N(Cc1ccccc1)C(=O)O. The molecule has 1 saturated carbocycles. The average Bonchev–Trinajstić information content (AvgIpc) is 2.55. The summed E-state index contributed by atoms with van der Waals surface area (Å²) in [6.07, 6.45) is 1.16. The van der Waals surface area contributed by atoms with Crippen molar-refractivity contribution in [2.75, 3.05) is 0 Å². The highest BCUT2D eigenvalue weighted by Gasteiger charge is 2.36. The Balaban J connectivity index is 2.23. The van der Waals surface area contributed by atoms with Crippen LogP contribution in [0.4, 0.5) is 4.79 Å². The van der Waals surface area contributed by atoms with Gasteiger partial charge in [0, 0.05) is 30.0 Å². The van der Waals surface area contributed by atoms with Crippen LogP contribution in [0.25, 0.3) is 10.4 Å². The van der Waals surface area contributed by atoms with Gasteiger partial charge in [-0.05, 0) is 36.3 Å². The van der Waals surface area contributed by atoms with Gasteiger partial charge in [0.15, 0.2) is 0 Å². The number of hydrogen-bond acceptors (Lipinski definition) is 3. The number of carbonyl (C=O) groups is 1. The molecule has 1 fully saturated rings. The number of rotatable bonds is 5. The van der Waals surface area contributed by atoms with Crippen molar-refractivity contribution in [3.05, 3.63) is 46.3 Å². The van der Waals surface area contributed by atoms with Crippen molar-refractivity contribution in [3.63, 3.8) is 0 Å². The van der Waals surface area contributed by atoms with E-state index in [-0.39, 0.29) is 24.5 Å². The van der Waals surface area contributed by atoms with Gasteiger partial charge in [-0.2, -0.15) is 5.26 Å². The van der Waals surface area contributed by atoms with E-state index < -0.39 is 6.09 Å². The molecule has 0 bridgehead atoms. The van der Waals surface area contributed by atoms with Gasteiger partial charge in [-0.15, -0.1) is 0 Å². The first kappa shape index (κ1) is 16.7. The molecule has 7 nitrogen and oxygen atoms in total. The fourth-order valence-electron chi connectivity index (χ4n) is 3.21. The van der Waals surface area contributed by atoms with E-state index in [0.29, 0.717) is 25.7 Å². The van der Waals surface area contributed by atoms with E-state index in [2.05, 4.69) is 16.1 Å². The van der Waals surface area contributed by atoms with Crippen LogP contribution in [0.15, 0.2) is 35.4 Å². The molecule has 2 rings (SSSR count). The van der Waals surface area contributed by atoms with E-state index in [1.54, 1.807) is 0 Å². The summed E-state index contributed by atoms with van der Waals surface area (Å²) < 4.78 is 0. The van der Waals surface area contributed by atoms with Gasteiger partial charge >= 0.3 is 6.09 Å². The van der Waals surface area contributed by atoms with Crippen LogP contribution >= 0.6 is 0 Å². The first-order valence-corrected chi connectivity index (χ1v) is 7.60. The number of azide groups is 1. The van der Waals surface area contributed by atoms with E-state index in [9.17, 15) is 9.90 Å². The van der Waals surface area contributed by atoms with Crippen LogP contribution in [0, 0.1) is 17.2 Å². The van der Waals surface area contributed by atoms with Gasteiger partial charge in [-0.1, -0.05) is 35.4 Å². The average molecular weight is 313 g/mol. The van der Waals surface area contributed by atoms with Crippen LogP contribution < -0.4 is 0 Å². The maximum absolute atomic E-state index is 11.8. The van der Waals surface area contributed by atoms with Crippen molar-refractivity contribution in [1.82, 2.24) is 4.90 Å². The first-order valence-electron chi connectivity index (χ1n) is 7.60. The molecule has 120 valence electrons. The molecule has 23 heavy (non-hydrogen) atoms. The summed E-state index contributed by atoms with van der Waals surface area (Å²) in [7, 11) is 0. The van der Waals surface area contributed by atoms with Crippen molar-refractivity contribution in [2.24, 2.45) is 11.0 Å². The van der Waals surface area contributed by atoms with Gasteiger partial charge in [0.2, 0.25) is 0 Å². The topological polar surface area (TPSA) is 113 Å². The zero-order valence-electron chi connectivity index (χ0n) is 12.7. The molecule has 0 unspecified atom stereocenters. The molecule has 1 N–H and O–H groups in total. The summed E-state index contributed by atoms with van der Waals surface area (Å²) in [4.78, 5) is 16.0. The largest absolute Gasteiger partial charge is 0.465 e. The Kier molecular flexibility index (Phi) is 5.84. The van der Waals surface area contributed by atoms with Crippen molar-refractivity contribution < 1.29 is 9.90 Å². The summed E-state index contributed by atoms with van der Waals surface area (Å²) in [5.74, 6) is -0.0232. The smallest absolute Gasteiger partial charge is 0.407 e. The number of benzene rings is 1. The number of amides is 1. The maximum atomic E-state index is 11.8. The Labute approximate surface area is 134 Å². The molecule has 0 spiro atoms. The lowest BCUT2D eigenvalue weighted by Crippen LogP contribution is -2.47. The quantitative estimate of drug-likeness (QED) is 0.504. The molecular weight excluding hydrogens is 294 g/mol. The van der Waals surface area contributed by atoms with Crippen molar-refractivity contribution in [2.45, 2.75) is 44.3 Å². The van der Waals surface area contributed by atoms with Gasteiger partial charge in [0.1, 0.15) is 0 Å². The fraction of sp³-hybridized carbons (Fsp3) is 0.500.